The summed E-state index contributed by atoms with van der Waals surface area (Å²) in [6.07, 6.45) is 2.32. The number of likely N-dealkylation sites (tertiary alicyclic amines) is 1. The monoisotopic (exact) mass is 268 g/mol. The molecule has 106 valence electrons. The van der Waals surface area contributed by atoms with Crippen molar-refractivity contribution < 1.29 is 8.78 Å². The van der Waals surface area contributed by atoms with Crippen LogP contribution in [0.5, 0.6) is 0 Å². The van der Waals surface area contributed by atoms with Gasteiger partial charge in [-0.05, 0) is 31.4 Å². The van der Waals surface area contributed by atoms with E-state index in [9.17, 15) is 8.78 Å². The van der Waals surface area contributed by atoms with Gasteiger partial charge in [0.1, 0.15) is 0 Å². The minimum absolute atomic E-state index is 0.273. The molecule has 0 bridgehead atoms. The van der Waals surface area contributed by atoms with Gasteiger partial charge >= 0.3 is 0 Å². The standard InChI is InChI=1S/C15H22F2N2/c1-10(2)14-7-4-8-19(14)9-13(18)11-5-3-6-12(16)15(11)17/h3,5-6,10,13-14H,4,7-9,18H2,1-2H3. The van der Waals surface area contributed by atoms with Crippen molar-refractivity contribution >= 4 is 0 Å². The zero-order chi connectivity index (χ0) is 14.0. The SMILES string of the molecule is CC(C)C1CCCN1CC(N)c1cccc(F)c1F. The molecule has 0 aromatic heterocycles. The summed E-state index contributed by atoms with van der Waals surface area (Å²) in [5, 5.41) is 0. The van der Waals surface area contributed by atoms with E-state index in [0.717, 1.165) is 25.5 Å². The first kappa shape index (κ1) is 14.4. The van der Waals surface area contributed by atoms with Gasteiger partial charge in [-0.1, -0.05) is 26.0 Å². The largest absolute Gasteiger partial charge is 0.323 e. The number of nitrogens with zero attached hydrogens (tertiary/aromatic N) is 1. The van der Waals surface area contributed by atoms with Crippen LogP contribution in [0, 0.1) is 17.6 Å². The average Bonchev–Trinajstić information content (AvgIpc) is 2.80. The van der Waals surface area contributed by atoms with Crippen molar-refractivity contribution in [2.45, 2.75) is 38.8 Å². The first-order chi connectivity index (χ1) is 9.00. The lowest BCUT2D eigenvalue weighted by Crippen LogP contribution is -2.38. The summed E-state index contributed by atoms with van der Waals surface area (Å²) in [6, 6.07) is 4.23. The number of hydrogen-bond donors (Lipinski definition) is 1. The van der Waals surface area contributed by atoms with E-state index < -0.39 is 17.7 Å². The van der Waals surface area contributed by atoms with E-state index in [0.29, 0.717) is 18.5 Å². The number of benzene rings is 1. The maximum absolute atomic E-state index is 13.7. The van der Waals surface area contributed by atoms with Crippen molar-refractivity contribution in [3.63, 3.8) is 0 Å². The molecule has 2 rings (SSSR count). The molecule has 0 spiro atoms. The van der Waals surface area contributed by atoms with Gasteiger partial charge in [0, 0.05) is 24.2 Å². The van der Waals surface area contributed by atoms with Crippen LogP contribution in [-0.4, -0.2) is 24.0 Å². The van der Waals surface area contributed by atoms with Crippen molar-refractivity contribution in [2.24, 2.45) is 11.7 Å². The van der Waals surface area contributed by atoms with Gasteiger partial charge in [0.25, 0.3) is 0 Å². The summed E-state index contributed by atoms with van der Waals surface area (Å²) in [4.78, 5) is 2.31. The van der Waals surface area contributed by atoms with Crippen LogP contribution in [0.15, 0.2) is 18.2 Å². The van der Waals surface area contributed by atoms with Gasteiger partial charge in [-0.25, -0.2) is 8.78 Å². The van der Waals surface area contributed by atoms with Crippen LogP contribution in [0.1, 0.15) is 38.3 Å². The van der Waals surface area contributed by atoms with Crippen LogP contribution in [-0.2, 0) is 0 Å². The van der Waals surface area contributed by atoms with E-state index in [4.69, 9.17) is 5.73 Å². The third kappa shape index (κ3) is 3.12. The molecule has 1 fully saturated rings. The predicted octanol–water partition coefficient (Wildman–Crippen LogP) is 3.09. The van der Waals surface area contributed by atoms with Crippen molar-refractivity contribution in [2.75, 3.05) is 13.1 Å². The Kier molecular flexibility index (Phi) is 4.53. The molecular formula is C15H22F2N2. The van der Waals surface area contributed by atoms with Crippen LogP contribution >= 0.6 is 0 Å². The van der Waals surface area contributed by atoms with Gasteiger partial charge in [-0.15, -0.1) is 0 Å². The van der Waals surface area contributed by atoms with Crippen LogP contribution in [0.3, 0.4) is 0 Å². The molecule has 1 heterocycles. The van der Waals surface area contributed by atoms with Crippen molar-refractivity contribution in [1.82, 2.24) is 4.90 Å². The van der Waals surface area contributed by atoms with E-state index in [2.05, 4.69) is 18.7 Å². The molecule has 0 aliphatic carbocycles. The molecule has 0 amide bonds. The zero-order valence-corrected chi connectivity index (χ0v) is 11.6. The Labute approximate surface area is 113 Å². The maximum atomic E-state index is 13.7. The second-order valence-electron chi connectivity index (χ2n) is 5.70. The summed E-state index contributed by atoms with van der Waals surface area (Å²) in [6.45, 7) is 5.96. The Hall–Kier alpha value is -1.00. The van der Waals surface area contributed by atoms with Gasteiger partial charge in [-0.2, -0.15) is 0 Å². The molecule has 1 aromatic rings. The third-order valence-electron chi connectivity index (χ3n) is 4.00. The fourth-order valence-corrected chi connectivity index (χ4v) is 2.99. The van der Waals surface area contributed by atoms with Crippen LogP contribution < -0.4 is 5.73 Å². The molecule has 1 aliphatic rings. The molecule has 0 radical (unpaired) electrons. The van der Waals surface area contributed by atoms with Crippen molar-refractivity contribution in [3.8, 4) is 0 Å². The number of nitrogens with two attached hydrogens (primary N) is 1. The lowest BCUT2D eigenvalue weighted by Gasteiger charge is -2.30. The molecule has 2 unspecified atom stereocenters. The Balaban J connectivity index is 2.08. The van der Waals surface area contributed by atoms with Gasteiger partial charge in [0.2, 0.25) is 0 Å². The van der Waals surface area contributed by atoms with E-state index in [1.54, 1.807) is 6.07 Å². The second-order valence-corrected chi connectivity index (χ2v) is 5.70. The molecule has 0 saturated carbocycles. The first-order valence-corrected chi connectivity index (χ1v) is 6.94. The van der Waals surface area contributed by atoms with E-state index in [1.807, 2.05) is 0 Å². The Morgan fingerprint density at radius 2 is 2.11 bits per heavy atom. The quantitative estimate of drug-likeness (QED) is 0.909. The summed E-state index contributed by atoms with van der Waals surface area (Å²) >= 11 is 0. The Bertz CT molecular complexity index is 434. The Morgan fingerprint density at radius 3 is 2.79 bits per heavy atom. The lowest BCUT2D eigenvalue weighted by atomic mass is 10.0. The number of rotatable bonds is 4. The second kappa shape index (κ2) is 5.97. The fraction of sp³-hybridized carbons (Fsp3) is 0.600. The van der Waals surface area contributed by atoms with Crippen molar-refractivity contribution in [3.05, 3.63) is 35.4 Å². The third-order valence-corrected chi connectivity index (χ3v) is 4.00. The first-order valence-electron chi connectivity index (χ1n) is 6.94. The molecule has 2 nitrogen and oxygen atoms in total. The highest BCUT2D eigenvalue weighted by atomic mass is 19.2. The normalized spacial score (nSPS) is 22.1. The number of hydrogen-bond acceptors (Lipinski definition) is 2. The Morgan fingerprint density at radius 1 is 1.37 bits per heavy atom. The van der Waals surface area contributed by atoms with E-state index in [-0.39, 0.29) is 5.56 Å². The summed E-state index contributed by atoms with van der Waals surface area (Å²) < 4.78 is 26.9. The fourth-order valence-electron chi connectivity index (χ4n) is 2.99. The number of halogens is 2. The molecule has 4 heteroatoms. The van der Waals surface area contributed by atoms with E-state index in [1.165, 1.54) is 6.07 Å². The van der Waals surface area contributed by atoms with Crippen LogP contribution in [0.2, 0.25) is 0 Å². The van der Waals surface area contributed by atoms with Gasteiger partial charge in [0.05, 0.1) is 0 Å². The smallest absolute Gasteiger partial charge is 0.163 e. The van der Waals surface area contributed by atoms with Crippen LogP contribution in [0.4, 0.5) is 8.78 Å². The topological polar surface area (TPSA) is 29.3 Å². The average molecular weight is 268 g/mol. The highest BCUT2D eigenvalue weighted by molar-refractivity contribution is 5.22. The molecule has 1 saturated heterocycles. The van der Waals surface area contributed by atoms with E-state index >= 15 is 0 Å². The highest BCUT2D eigenvalue weighted by Gasteiger charge is 2.29. The van der Waals surface area contributed by atoms with Crippen LogP contribution in [0.25, 0.3) is 0 Å². The maximum Gasteiger partial charge on any atom is 0.163 e. The minimum atomic E-state index is -0.824. The minimum Gasteiger partial charge on any atom is -0.323 e. The molecule has 1 aromatic carbocycles. The molecule has 19 heavy (non-hydrogen) atoms. The van der Waals surface area contributed by atoms with Gasteiger partial charge in [0.15, 0.2) is 11.6 Å². The summed E-state index contributed by atoms with van der Waals surface area (Å²) in [7, 11) is 0. The summed E-state index contributed by atoms with van der Waals surface area (Å²) in [5.74, 6) is -1.07. The molecule has 2 N–H and O–H groups in total. The highest BCUT2D eigenvalue weighted by Crippen LogP contribution is 2.26. The summed E-state index contributed by atoms with van der Waals surface area (Å²) in [5.41, 5.74) is 6.33. The van der Waals surface area contributed by atoms with Gasteiger partial charge < -0.3 is 5.73 Å². The lowest BCUT2D eigenvalue weighted by molar-refractivity contribution is 0.194. The molecule has 2 atom stereocenters. The van der Waals surface area contributed by atoms with Crippen molar-refractivity contribution in [1.29, 1.82) is 0 Å². The van der Waals surface area contributed by atoms with Gasteiger partial charge in [-0.3, -0.25) is 4.90 Å². The predicted molar refractivity (Wildman–Crippen MR) is 72.7 cm³/mol. The molecular weight excluding hydrogens is 246 g/mol. The zero-order valence-electron chi connectivity index (χ0n) is 11.6. The molecule has 1 aliphatic heterocycles.